The van der Waals surface area contributed by atoms with Crippen molar-refractivity contribution in [2.75, 3.05) is 13.1 Å². The van der Waals surface area contributed by atoms with E-state index in [-0.39, 0.29) is 47.3 Å². The zero-order valence-corrected chi connectivity index (χ0v) is 22.4. The Morgan fingerprint density at radius 2 is 1.75 bits per heavy atom. The van der Waals surface area contributed by atoms with Crippen LogP contribution in [-0.4, -0.2) is 64.0 Å². The zero-order valence-electron chi connectivity index (χ0n) is 22.4. The molecule has 2 heterocycles. The van der Waals surface area contributed by atoms with E-state index in [1.165, 1.54) is 30.9 Å². The van der Waals surface area contributed by atoms with E-state index in [0.717, 1.165) is 38.2 Å². The SMILES string of the molecule is Cc1c(C)c(=O)[nH][n+](OC(=O)C(F)(F)F)c1Cc1ccc(F)c(C(=O)N2CCN(C3CCCCC3)C(=O)C2C)c1. The largest absolute Gasteiger partial charge is 0.498 e. The molecule has 40 heavy (non-hydrogen) atoms. The first-order chi connectivity index (χ1) is 18.8. The molecule has 9 nitrogen and oxygen atoms in total. The van der Waals surface area contributed by atoms with E-state index in [9.17, 15) is 36.7 Å². The van der Waals surface area contributed by atoms with Crippen LogP contribution in [0.3, 0.4) is 0 Å². The van der Waals surface area contributed by atoms with Gasteiger partial charge in [0.2, 0.25) is 5.91 Å². The fourth-order valence-corrected chi connectivity index (χ4v) is 5.32. The molecule has 0 spiro atoms. The van der Waals surface area contributed by atoms with Crippen LogP contribution < -0.4 is 15.2 Å². The molecule has 13 heteroatoms. The minimum Gasteiger partial charge on any atom is -0.336 e. The van der Waals surface area contributed by atoms with Gasteiger partial charge in [0.1, 0.15) is 16.7 Å². The Labute approximate surface area is 227 Å². The Kier molecular flexibility index (Phi) is 8.31. The molecule has 2 aliphatic rings. The number of aromatic amines is 1. The van der Waals surface area contributed by atoms with Gasteiger partial charge >= 0.3 is 17.7 Å². The summed E-state index contributed by atoms with van der Waals surface area (Å²) < 4.78 is 53.4. The molecule has 0 bridgehead atoms. The number of nitrogens with zero attached hydrogens (tertiary/aromatic N) is 3. The number of H-pyrrole nitrogens is 1. The van der Waals surface area contributed by atoms with Crippen molar-refractivity contribution in [3.63, 3.8) is 0 Å². The number of carbonyl (C=O) groups excluding carboxylic acids is 3. The Hall–Kier alpha value is -3.77. The molecule has 4 rings (SSSR count). The van der Waals surface area contributed by atoms with Crippen molar-refractivity contribution in [3.05, 3.63) is 62.3 Å². The molecule has 1 saturated carbocycles. The molecule has 2 amide bonds. The second-order valence-electron chi connectivity index (χ2n) is 10.3. The zero-order chi connectivity index (χ0) is 29.4. The summed E-state index contributed by atoms with van der Waals surface area (Å²) in [6.07, 6.45) is -0.447. The van der Waals surface area contributed by atoms with E-state index >= 15 is 0 Å². The highest BCUT2D eigenvalue weighted by atomic mass is 19.4. The predicted octanol–water partition coefficient (Wildman–Crippen LogP) is 2.53. The van der Waals surface area contributed by atoms with E-state index in [2.05, 4.69) is 9.94 Å². The maximum absolute atomic E-state index is 14.9. The first kappa shape index (κ1) is 29.2. The molecule has 2 aromatic rings. The predicted molar refractivity (Wildman–Crippen MR) is 133 cm³/mol. The van der Waals surface area contributed by atoms with E-state index in [1.54, 1.807) is 6.92 Å². The summed E-state index contributed by atoms with van der Waals surface area (Å²) in [6.45, 7) is 5.10. The molecular formula is C27H31F4N4O5+. The standard InChI is InChI=1S/C27H30F4N4O5/c1-15-16(2)23(36)32-35(40-26(39)27(29,30)31)22(15)14-18-9-10-21(28)20(13-18)25(38)33-11-12-34(24(37)17(33)3)19-7-5-4-6-8-19/h9-10,13,17,19H,4-8,11-12,14H2,1-3H3/p+1. The van der Waals surface area contributed by atoms with Crippen molar-refractivity contribution in [3.8, 4) is 0 Å². The van der Waals surface area contributed by atoms with Crippen molar-refractivity contribution in [2.24, 2.45) is 0 Å². The number of hydrogen-bond donors (Lipinski definition) is 1. The van der Waals surface area contributed by atoms with Gasteiger partial charge in [-0.05, 0) is 51.3 Å². The first-order valence-electron chi connectivity index (χ1n) is 13.1. The quantitative estimate of drug-likeness (QED) is 0.442. The third-order valence-corrected chi connectivity index (χ3v) is 7.79. The highest BCUT2D eigenvalue weighted by Gasteiger charge is 2.46. The normalized spacial score (nSPS) is 18.7. The number of hydrogen-bond acceptors (Lipinski definition) is 5. The summed E-state index contributed by atoms with van der Waals surface area (Å²) in [4.78, 5) is 58.1. The summed E-state index contributed by atoms with van der Waals surface area (Å²) in [6, 6.07) is 2.98. The molecule has 1 aromatic carbocycles. The van der Waals surface area contributed by atoms with Gasteiger partial charge in [-0.2, -0.15) is 18.0 Å². The number of aromatic nitrogens is 2. The average molecular weight is 568 g/mol. The lowest BCUT2D eigenvalue weighted by Crippen LogP contribution is -2.60. The number of halogens is 4. The summed E-state index contributed by atoms with van der Waals surface area (Å²) in [5.74, 6) is -4.24. The number of rotatable bonds is 5. The maximum Gasteiger partial charge on any atom is 0.498 e. The van der Waals surface area contributed by atoms with Crippen LogP contribution in [0.1, 0.15) is 71.8 Å². The molecule has 0 radical (unpaired) electrons. The van der Waals surface area contributed by atoms with Gasteiger partial charge in [-0.25, -0.2) is 9.18 Å². The van der Waals surface area contributed by atoms with Crippen LogP contribution in [0.2, 0.25) is 0 Å². The van der Waals surface area contributed by atoms with Gasteiger partial charge in [-0.15, -0.1) is 0 Å². The molecule has 1 aromatic heterocycles. The van der Waals surface area contributed by atoms with Crippen LogP contribution in [0.25, 0.3) is 0 Å². The third-order valence-electron chi connectivity index (χ3n) is 7.79. The molecule has 1 aliphatic carbocycles. The summed E-state index contributed by atoms with van der Waals surface area (Å²) >= 11 is 0. The van der Waals surface area contributed by atoms with Crippen LogP contribution in [0.5, 0.6) is 0 Å². The minimum atomic E-state index is -5.31. The summed E-state index contributed by atoms with van der Waals surface area (Å²) in [5, 5.41) is 2.08. The molecule has 1 saturated heterocycles. The smallest absolute Gasteiger partial charge is 0.336 e. The second-order valence-corrected chi connectivity index (χ2v) is 10.3. The fraction of sp³-hybridized carbons (Fsp3) is 0.519. The fourth-order valence-electron chi connectivity index (χ4n) is 5.32. The number of amides is 2. The van der Waals surface area contributed by atoms with E-state index in [0.29, 0.717) is 17.0 Å². The highest BCUT2D eigenvalue weighted by Crippen LogP contribution is 2.27. The number of nitrogens with one attached hydrogen (secondary N) is 1. The van der Waals surface area contributed by atoms with Gasteiger partial charge in [0.05, 0.1) is 12.0 Å². The van der Waals surface area contributed by atoms with Crippen molar-refractivity contribution >= 4 is 17.8 Å². The Morgan fingerprint density at radius 1 is 1.07 bits per heavy atom. The third kappa shape index (κ3) is 5.87. The lowest BCUT2D eigenvalue weighted by molar-refractivity contribution is -0.921. The molecule has 1 aliphatic heterocycles. The van der Waals surface area contributed by atoms with Crippen molar-refractivity contribution in [1.29, 1.82) is 0 Å². The van der Waals surface area contributed by atoms with Gasteiger partial charge in [-0.3, -0.25) is 14.4 Å². The van der Waals surface area contributed by atoms with E-state index in [4.69, 9.17) is 0 Å². The van der Waals surface area contributed by atoms with Crippen LogP contribution in [-0.2, 0) is 16.0 Å². The van der Waals surface area contributed by atoms with E-state index in [1.807, 2.05) is 4.90 Å². The van der Waals surface area contributed by atoms with Crippen molar-refractivity contribution in [2.45, 2.75) is 77.6 Å². The minimum absolute atomic E-state index is 0.00986. The number of alkyl halides is 3. The van der Waals surface area contributed by atoms with Gasteiger partial charge < -0.3 is 9.80 Å². The van der Waals surface area contributed by atoms with Crippen LogP contribution in [0.15, 0.2) is 23.0 Å². The van der Waals surface area contributed by atoms with Gasteiger partial charge in [0.25, 0.3) is 11.6 Å². The van der Waals surface area contributed by atoms with Crippen LogP contribution in [0.4, 0.5) is 17.6 Å². The molecule has 1 unspecified atom stereocenters. The van der Waals surface area contributed by atoms with Gasteiger partial charge in [-0.1, -0.05) is 30.4 Å². The molecule has 2 fully saturated rings. The summed E-state index contributed by atoms with van der Waals surface area (Å²) in [5.41, 5.74) is -0.358. The lowest BCUT2D eigenvalue weighted by atomic mass is 9.93. The van der Waals surface area contributed by atoms with Gasteiger partial charge in [0.15, 0.2) is 0 Å². The molecular weight excluding hydrogens is 536 g/mol. The van der Waals surface area contributed by atoms with Crippen LogP contribution in [0, 0.1) is 19.7 Å². The Bertz CT molecular complexity index is 1380. The molecule has 216 valence electrons. The first-order valence-corrected chi connectivity index (χ1v) is 13.1. The summed E-state index contributed by atoms with van der Waals surface area (Å²) in [7, 11) is 0. The molecule has 1 atom stereocenters. The maximum atomic E-state index is 14.9. The van der Waals surface area contributed by atoms with Gasteiger partial charge in [0, 0.05) is 30.3 Å². The highest BCUT2D eigenvalue weighted by molar-refractivity contribution is 5.98. The average Bonchev–Trinajstić information content (AvgIpc) is 2.91. The second kappa shape index (κ2) is 11.4. The topological polar surface area (TPSA) is 104 Å². The Balaban J connectivity index is 1.60. The number of piperazine rings is 1. The monoisotopic (exact) mass is 567 g/mol. The number of benzene rings is 1. The number of carbonyl (C=O) groups is 3. The molecule has 1 N–H and O–H groups in total. The van der Waals surface area contributed by atoms with Crippen molar-refractivity contribution in [1.82, 2.24) is 14.9 Å². The Morgan fingerprint density at radius 3 is 2.40 bits per heavy atom. The van der Waals surface area contributed by atoms with Crippen molar-refractivity contribution < 1.29 is 41.6 Å². The lowest BCUT2D eigenvalue weighted by Gasteiger charge is -2.43. The van der Waals surface area contributed by atoms with Crippen LogP contribution >= 0.6 is 0 Å². The van der Waals surface area contributed by atoms with E-state index < -0.39 is 35.5 Å².